The monoisotopic (exact) mass is 388 g/mol. The molecular weight excluding hydrogens is 368 g/mol. The summed E-state index contributed by atoms with van der Waals surface area (Å²) in [5, 5.41) is 14.5. The number of rotatable bonds is 8. The first-order valence-corrected chi connectivity index (χ1v) is 8.89. The largest absolute Gasteiger partial charge is 0.481 e. The molecule has 0 bridgehead atoms. The molecule has 27 heavy (non-hydrogen) atoms. The molecule has 6 nitrogen and oxygen atoms in total. The van der Waals surface area contributed by atoms with Gasteiger partial charge in [-0.15, -0.1) is 0 Å². The predicted octanol–water partition coefficient (Wildman–Crippen LogP) is 3.36. The van der Waals surface area contributed by atoms with Crippen LogP contribution in [-0.2, 0) is 16.0 Å². The minimum Gasteiger partial charge on any atom is -0.481 e. The summed E-state index contributed by atoms with van der Waals surface area (Å²) in [4.78, 5) is 34.7. The van der Waals surface area contributed by atoms with Crippen LogP contribution >= 0.6 is 11.6 Å². The number of amides is 2. The van der Waals surface area contributed by atoms with Crippen molar-refractivity contribution in [2.45, 2.75) is 19.8 Å². The lowest BCUT2D eigenvalue weighted by atomic mass is 10.00. The second-order valence-corrected chi connectivity index (χ2v) is 6.57. The van der Waals surface area contributed by atoms with Gasteiger partial charge >= 0.3 is 5.97 Å². The third kappa shape index (κ3) is 6.42. The van der Waals surface area contributed by atoms with E-state index in [1.165, 1.54) is 0 Å². The molecule has 0 aromatic heterocycles. The van der Waals surface area contributed by atoms with Crippen LogP contribution in [0.2, 0.25) is 5.02 Å². The average molecular weight is 389 g/mol. The first kappa shape index (κ1) is 20.5. The van der Waals surface area contributed by atoms with Gasteiger partial charge in [0.2, 0.25) is 5.91 Å². The lowest BCUT2D eigenvalue weighted by Gasteiger charge is -2.13. The average Bonchev–Trinajstić information content (AvgIpc) is 2.63. The van der Waals surface area contributed by atoms with Crippen LogP contribution in [0.25, 0.3) is 0 Å². The third-order valence-corrected chi connectivity index (χ3v) is 4.34. The molecule has 0 aliphatic rings. The van der Waals surface area contributed by atoms with Crippen molar-refractivity contribution in [1.82, 2.24) is 5.32 Å². The zero-order valence-corrected chi connectivity index (χ0v) is 15.6. The second-order valence-electron chi connectivity index (χ2n) is 6.16. The highest BCUT2D eigenvalue weighted by Crippen LogP contribution is 2.20. The number of aliphatic carboxylic acids is 1. The van der Waals surface area contributed by atoms with Gasteiger partial charge in [0, 0.05) is 28.7 Å². The zero-order chi connectivity index (χ0) is 19.8. The minimum absolute atomic E-state index is 0.0617. The molecule has 1 unspecified atom stereocenters. The van der Waals surface area contributed by atoms with E-state index in [0.29, 0.717) is 22.7 Å². The number of halogens is 1. The number of hydrogen-bond acceptors (Lipinski definition) is 3. The van der Waals surface area contributed by atoms with Gasteiger partial charge in [-0.05, 0) is 42.3 Å². The molecule has 0 fully saturated rings. The topological polar surface area (TPSA) is 95.5 Å². The van der Waals surface area contributed by atoms with Crippen molar-refractivity contribution >= 4 is 35.1 Å². The first-order valence-electron chi connectivity index (χ1n) is 8.51. The summed E-state index contributed by atoms with van der Waals surface area (Å²) in [5.74, 6) is -1.75. The van der Waals surface area contributed by atoms with E-state index < -0.39 is 5.97 Å². The minimum atomic E-state index is -0.973. The van der Waals surface area contributed by atoms with E-state index in [9.17, 15) is 14.4 Å². The molecule has 2 rings (SSSR count). The lowest BCUT2D eigenvalue weighted by Crippen LogP contribution is -2.26. The summed E-state index contributed by atoms with van der Waals surface area (Å²) < 4.78 is 0. The quantitative estimate of drug-likeness (QED) is 0.646. The van der Waals surface area contributed by atoms with E-state index in [4.69, 9.17) is 16.7 Å². The molecule has 0 heterocycles. The highest BCUT2D eigenvalue weighted by molar-refractivity contribution is 6.31. The van der Waals surface area contributed by atoms with Crippen molar-refractivity contribution in [2.24, 2.45) is 5.92 Å². The summed E-state index contributed by atoms with van der Waals surface area (Å²) in [6, 6.07) is 13.8. The number of carbonyl (C=O) groups is 3. The SMILES string of the molecule is CC(Cc1ccccc1Cl)C(=O)Nc1ccc(C(=O)NCCC(=O)O)cc1. The van der Waals surface area contributed by atoms with Crippen molar-refractivity contribution in [3.05, 3.63) is 64.7 Å². The molecular formula is C20H21ClN2O4. The van der Waals surface area contributed by atoms with E-state index in [0.717, 1.165) is 5.56 Å². The summed E-state index contributed by atoms with van der Waals surface area (Å²) in [5.41, 5.74) is 1.88. The van der Waals surface area contributed by atoms with Crippen molar-refractivity contribution in [2.75, 3.05) is 11.9 Å². The Bertz CT molecular complexity index is 821. The summed E-state index contributed by atoms with van der Waals surface area (Å²) in [6.45, 7) is 1.88. The molecule has 2 amide bonds. The molecule has 0 aliphatic heterocycles. The molecule has 1 atom stereocenters. The normalized spacial score (nSPS) is 11.5. The predicted molar refractivity (Wildman–Crippen MR) is 104 cm³/mol. The fraction of sp³-hybridized carbons (Fsp3) is 0.250. The van der Waals surface area contributed by atoms with Crippen molar-refractivity contribution < 1.29 is 19.5 Å². The van der Waals surface area contributed by atoms with Gasteiger partial charge in [0.05, 0.1) is 6.42 Å². The summed E-state index contributed by atoms with van der Waals surface area (Å²) >= 11 is 6.13. The molecule has 0 spiro atoms. The molecule has 0 aliphatic carbocycles. The molecule has 0 saturated carbocycles. The fourth-order valence-corrected chi connectivity index (χ4v) is 2.65. The molecule has 142 valence electrons. The van der Waals surface area contributed by atoms with E-state index in [2.05, 4.69) is 10.6 Å². The maximum Gasteiger partial charge on any atom is 0.305 e. The van der Waals surface area contributed by atoms with Gasteiger partial charge in [-0.25, -0.2) is 0 Å². The number of anilines is 1. The van der Waals surface area contributed by atoms with Crippen LogP contribution in [-0.4, -0.2) is 29.4 Å². The van der Waals surface area contributed by atoms with Gasteiger partial charge in [0.1, 0.15) is 0 Å². The Morgan fingerprint density at radius 1 is 1.07 bits per heavy atom. The standard InChI is InChI=1S/C20H21ClN2O4/c1-13(12-15-4-2-3-5-17(15)21)19(26)23-16-8-6-14(7-9-16)20(27)22-11-10-18(24)25/h2-9,13H,10-12H2,1H3,(H,22,27)(H,23,26)(H,24,25). The number of benzene rings is 2. The molecule has 0 saturated heterocycles. The van der Waals surface area contributed by atoms with Crippen LogP contribution in [0.3, 0.4) is 0 Å². The van der Waals surface area contributed by atoms with Gasteiger partial charge in [-0.2, -0.15) is 0 Å². The van der Waals surface area contributed by atoms with Gasteiger partial charge < -0.3 is 15.7 Å². The summed E-state index contributed by atoms with van der Waals surface area (Å²) in [7, 11) is 0. The Morgan fingerprint density at radius 2 is 1.74 bits per heavy atom. The number of carbonyl (C=O) groups excluding carboxylic acids is 2. The van der Waals surface area contributed by atoms with E-state index >= 15 is 0 Å². The lowest BCUT2D eigenvalue weighted by molar-refractivity contribution is -0.136. The molecule has 3 N–H and O–H groups in total. The van der Waals surface area contributed by atoms with E-state index in [1.807, 2.05) is 25.1 Å². The van der Waals surface area contributed by atoms with Crippen LogP contribution in [0.4, 0.5) is 5.69 Å². The van der Waals surface area contributed by atoms with Gasteiger partial charge in [-0.1, -0.05) is 36.7 Å². The Labute approximate surface area is 162 Å². The molecule has 2 aromatic carbocycles. The van der Waals surface area contributed by atoms with Crippen molar-refractivity contribution in [1.29, 1.82) is 0 Å². The number of nitrogens with one attached hydrogen (secondary N) is 2. The Hall–Kier alpha value is -2.86. The molecule has 0 radical (unpaired) electrons. The van der Waals surface area contributed by atoms with Crippen molar-refractivity contribution in [3.63, 3.8) is 0 Å². The Balaban J connectivity index is 1.89. The fourth-order valence-electron chi connectivity index (χ4n) is 2.44. The van der Waals surface area contributed by atoms with Crippen LogP contribution in [0.1, 0.15) is 29.3 Å². The molecule has 2 aromatic rings. The summed E-state index contributed by atoms with van der Waals surface area (Å²) in [6.07, 6.45) is 0.388. The highest BCUT2D eigenvalue weighted by atomic mass is 35.5. The number of carboxylic acids is 1. The maximum absolute atomic E-state index is 12.4. The smallest absolute Gasteiger partial charge is 0.305 e. The maximum atomic E-state index is 12.4. The van der Waals surface area contributed by atoms with Crippen LogP contribution in [0, 0.1) is 5.92 Å². The van der Waals surface area contributed by atoms with E-state index in [-0.39, 0.29) is 30.7 Å². The van der Waals surface area contributed by atoms with Gasteiger partial charge in [0.15, 0.2) is 0 Å². The van der Waals surface area contributed by atoms with E-state index in [1.54, 1.807) is 30.3 Å². The second kappa shape index (κ2) is 9.73. The Kier molecular flexibility index (Phi) is 7.37. The molecule has 7 heteroatoms. The Morgan fingerprint density at radius 3 is 2.37 bits per heavy atom. The highest BCUT2D eigenvalue weighted by Gasteiger charge is 2.15. The van der Waals surface area contributed by atoms with Gasteiger partial charge in [-0.3, -0.25) is 14.4 Å². The first-order chi connectivity index (χ1) is 12.9. The number of carboxylic acid groups (broad SMARTS) is 1. The van der Waals surface area contributed by atoms with Crippen LogP contribution in [0.5, 0.6) is 0 Å². The zero-order valence-electron chi connectivity index (χ0n) is 14.9. The van der Waals surface area contributed by atoms with Crippen LogP contribution in [0.15, 0.2) is 48.5 Å². The van der Waals surface area contributed by atoms with Gasteiger partial charge in [0.25, 0.3) is 5.91 Å². The van der Waals surface area contributed by atoms with Crippen LogP contribution < -0.4 is 10.6 Å². The van der Waals surface area contributed by atoms with Crippen molar-refractivity contribution in [3.8, 4) is 0 Å². The third-order valence-electron chi connectivity index (χ3n) is 3.97. The number of hydrogen-bond donors (Lipinski definition) is 3.